The van der Waals surface area contributed by atoms with Crippen LogP contribution >= 0.6 is 0 Å². The Morgan fingerprint density at radius 2 is 2.17 bits per heavy atom. The van der Waals surface area contributed by atoms with E-state index >= 15 is 0 Å². The SMILES string of the molecule is COC(=O)[C@@]1([C@H](C[N+](=O)[O-])c2cccc(OC)c2)CCCC1=O. The highest BCUT2D eigenvalue weighted by Crippen LogP contribution is 2.48. The molecule has 0 spiro atoms. The van der Waals surface area contributed by atoms with Crippen LogP contribution in [0.3, 0.4) is 0 Å². The molecule has 1 aliphatic rings. The average Bonchev–Trinajstić information content (AvgIpc) is 2.94. The van der Waals surface area contributed by atoms with Crippen molar-refractivity contribution in [2.24, 2.45) is 5.41 Å². The van der Waals surface area contributed by atoms with Gasteiger partial charge in [-0.2, -0.15) is 0 Å². The lowest BCUT2D eigenvalue weighted by Gasteiger charge is -2.31. The molecule has 124 valence electrons. The first-order chi connectivity index (χ1) is 11.0. The maximum Gasteiger partial charge on any atom is 0.320 e. The van der Waals surface area contributed by atoms with E-state index in [2.05, 4.69) is 0 Å². The zero-order chi connectivity index (χ0) is 17.0. The number of carbonyl (C=O) groups excluding carboxylic acids is 2. The minimum absolute atomic E-state index is 0.229. The van der Waals surface area contributed by atoms with Crippen molar-refractivity contribution in [1.82, 2.24) is 0 Å². The van der Waals surface area contributed by atoms with E-state index in [1.165, 1.54) is 14.2 Å². The maximum atomic E-state index is 12.5. The van der Waals surface area contributed by atoms with Crippen molar-refractivity contribution in [2.45, 2.75) is 25.2 Å². The van der Waals surface area contributed by atoms with Gasteiger partial charge in [-0.3, -0.25) is 19.7 Å². The number of carbonyl (C=O) groups is 2. The topological polar surface area (TPSA) is 95.7 Å². The molecule has 0 aliphatic heterocycles. The van der Waals surface area contributed by atoms with Gasteiger partial charge < -0.3 is 9.47 Å². The second-order valence-corrected chi connectivity index (χ2v) is 5.58. The summed E-state index contributed by atoms with van der Waals surface area (Å²) in [7, 11) is 2.68. The minimum atomic E-state index is -1.49. The van der Waals surface area contributed by atoms with E-state index in [1.54, 1.807) is 24.3 Å². The average molecular weight is 321 g/mol. The van der Waals surface area contributed by atoms with Crippen LogP contribution in [0.15, 0.2) is 24.3 Å². The van der Waals surface area contributed by atoms with E-state index in [0.717, 1.165) is 0 Å². The number of rotatable bonds is 6. The summed E-state index contributed by atoms with van der Waals surface area (Å²) in [6.07, 6.45) is 1.01. The van der Waals surface area contributed by atoms with Gasteiger partial charge in [-0.05, 0) is 30.5 Å². The fourth-order valence-electron chi connectivity index (χ4n) is 3.35. The van der Waals surface area contributed by atoms with Crippen LogP contribution in [0.4, 0.5) is 0 Å². The van der Waals surface area contributed by atoms with E-state index < -0.39 is 28.8 Å². The molecule has 0 heterocycles. The number of benzene rings is 1. The Bertz CT molecular complexity index is 629. The molecule has 1 aliphatic carbocycles. The first-order valence-corrected chi connectivity index (χ1v) is 7.33. The highest BCUT2D eigenvalue weighted by Gasteiger charge is 2.57. The third-order valence-corrected chi connectivity index (χ3v) is 4.44. The van der Waals surface area contributed by atoms with Crippen molar-refractivity contribution in [3.05, 3.63) is 39.9 Å². The third kappa shape index (κ3) is 3.04. The van der Waals surface area contributed by atoms with Crippen LogP contribution in [0.5, 0.6) is 5.75 Å². The first kappa shape index (κ1) is 16.9. The molecule has 1 fully saturated rings. The standard InChI is InChI=1S/C16H19NO6/c1-22-12-6-3-5-11(9-12)13(10-17(20)21)16(15(19)23-2)8-4-7-14(16)18/h3,5-6,9,13H,4,7-8,10H2,1-2H3/t13-,16-/m1/s1. The Hall–Kier alpha value is -2.44. The Morgan fingerprint density at radius 3 is 2.70 bits per heavy atom. The monoisotopic (exact) mass is 321 g/mol. The Morgan fingerprint density at radius 1 is 1.43 bits per heavy atom. The van der Waals surface area contributed by atoms with Crippen molar-refractivity contribution in [2.75, 3.05) is 20.8 Å². The molecular formula is C16H19NO6. The van der Waals surface area contributed by atoms with Crippen LogP contribution in [0.25, 0.3) is 0 Å². The van der Waals surface area contributed by atoms with Gasteiger partial charge >= 0.3 is 5.97 Å². The second-order valence-electron chi connectivity index (χ2n) is 5.58. The third-order valence-electron chi connectivity index (χ3n) is 4.44. The maximum absolute atomic E-state index is 12.5. The smallest absolute Gasteiger partial charge is 0.320 e. The fourth-order valence-corrected chi connectivity index (χ4v) is 3.35. The van der Waals surface area contributed by atoms with Crippen molar-refractivity contribution in [1.29, 1.82) is 0 Å². The zero-order valence-electron chi connectivity index (χ0n) is 13.1. The number of hydrogen-bond donors (Lipinski definition) is 0. The number of Topliss-reactive ketones (excluding diaryl/α,β-unsaturated/α-hetero) is 1. The molecule has 0 N–H and O–H groups in total. The van der Waals surface area contributed by atoms with Crippen LogP contribution in [-0.2, 0) is 14.3 Å². The van der Waals surface area contributed by atoms with Crippen LogP contribution in [0.1, 0.15) is 30.7 Å². The summed E-state index contributed by atoms with van der Waals surface area (Å²) in [5.41, 5.74) is -0.963. The Kier molecular flexibility index (Phi) is 4.98. The van der Waals surface area contributed by atoms with Gasteiger partial charge in [0.25, 0.3) is 0 Å². The lowest BCUT2D eigenvalue weighted by Crippen LogP contribution is -2.44. The Balaban J connectivity index is 2.57. The quantitative estimate of drug-likeness (QED) is 0.344. The lowest BCUT2D eigenvalue weighted by molar-refractivity contribution is -0.485. The minimum Gasteiger partial charge on any atom is -0.497 e. The lowest BCUT2D eigenvalue weighted by atomic mass is 9.70. The summed E-state index contributed by atoms with van der Waals surface area (Å²) in [6.45, 7) is -0.520. The van der Waals surface area contributed by atoms with Crippen molar-refractivity contribution in [3.63, 3.8) is 0 Å². The Labute approximate surface area is 133 Å². The number of nitrogens with zero attached hydrogens (tertiary/aromatic N) is 1. The fraction of sp³-hybridized carbons (Fsp3) is 0.500. The van der Waals surface area contributed by atoms with Crippen LogP contribution in [0, 0.1) is 15.5 Å². The number of ketones is 1. The summed E-state index contributed by atoms with van der Waals surface area (Å²) in [5.74, 6) is -1.36. The molecule has 1 aromatic rings. The zero-order valence-corrected chi connectivity index (χ0v) is 13.1. The van der Waals surface area contributed by atoms with Crippen molar-refractivity contribution in [3.8, 4) is 5.75 Å². The number of hydrogen-bond acceptors (Lipinski definition) is 6. The van der Waals surface area contributed by atoms with Gasteiger partial charge in [0.15, 0.2) is 5.78 Å². The summed E-state index contributed by atoms with van der Waals surface area (Å²) in [5, 5.41) is 11.2. The predicted molar refractivity (Wildman–Crippen MR) is 80.9 cm³/mol. The van der Waals surface area contributed by atoms with Crippen molar-refractivity contribution < 1.29 is 24.0 Å². The molecule has 2 rings (SSSR count). The molecule has 0 amide bonds. The van der Waals surface area contributed by atoms with Crippen LogP contribution < -0.4 is 4.74 Å². The number of methoxy groups -OCH3 is 2. The largest absolute Gasteiger partial charge is 0.497 e. The van der Waals surface area contributed by atoms with Gasteiger partial charge in [-0.15, -0.1) is 0 Å². The normalized spacial score (nSPS) is 21.7. The van der Waals surface area contributed by atoms with E-state index in [9.17, 15) is 19.7 Å². The van der Waals surface area contributed by atoms with Gasteiger partial charge in [-0.25, -0.2) is 0 Å². The van der Waals surface area contributed by atoms with E-state index in [1.807, 2.05) is 0 Å². The van der Waals surface area contributed by atoms with Gasteiger partial charge in [0.05, 0.1) is 20.1 Å². The summed E-state index contributed by atoms with van der Waals surface area (Å²) in [4.78, 5) is 35.6. The number of nitro groups is 1. The summed E-state index contributed by atoms with van der Waals surface area (Å²) >= 11 is 0. The van der Waals surface area contributed by atoms with Gasteiger partial charge in [0, 0.05) is 11.3 Å². The molecule has 0 saturated heterocycles. The van der Waals surface area contributed by atoms with Crippen LogP contribution in [-0.4, -0.2) is 37.4 Å². The molecular weight excluding hydrogens is 302 g/mol. The molecule has 1 saturated carbocycles. The van der Waals surface area contributed by atoms with Gasteiger partial charge in [-0.1, -0.05) is 12.1 Å². The molecule has 0 bridgehead atoms. The first-order valence-electron chi connectivity index (χ1n) is 7.33. The molecule has 7 nitrogen and oxygen atoms in total. The summed E-state index contributed by atoms with van der Waals surface area (Å²) < 4.78 is 9.98. The highest BCUT2D eigenvalue weighted by molar-refractivity contribution is 6.06. The van der Waals surface area contributed by atoms with Crippen molar-refractivity contribution >= 4 is 11.8 Å². The summed E-state index contributed by atoms with van der Waals surface area (Å²) in [6, 6.07) is 6.69. The molecule has 23 heavy (non-hydrogen) atoms. The molecule has 1 aromatic carbocycles. The molecule has 0 aromatic heterocycles. The number of ether oxygens (including phenoxy) is 2. The van der Waals surface area contributed by atoms with E-state index in [-0.39, 0.29) is 18.6 Å². The van der Waals surface area contributed by atoms with Gasteiger partial charge in [0.2, 0.25) is 6.54 Å². The van der Waals surface area contributed by atoms with Gasteiger partial charge in [0.1, 0.15) is 11.2 Å². The van der Waals surface area contributed by atoms with E-state index in [0.29, 0.717) is 17.7 Å². The second kappa shape index (κ2) is 6.76. The molecule has 2 atom stereocenters. The molecule has 0 unspecified atom stereocenters. The highest BCUT2D eigenvalue weighted by atomic mass is 16.6. The molecule has 0 radical (unpaired) electrons. The predicted octanol–water partition coefficient (Wildman–Crippen LogP) is 1.97. The molecule has 7 heteroatoms. The number of esters is 1. The van der Waals surface area contributed by atoms with E-state index in [4.69, 9.17) is 9.47 Å². The van der Waals surface area contributed by atoms with Crippen LogP contribution in [0.2, 0.25) is 0 Å².